The van der Waals surface area contributed by atoms with Gasteiger partial charge in [-0.25, -0.2) is 0 Å². The zero-order valence-corrected chi connectivity index (χ0v) is 20.8. The van der Waals surface area contributed by atoms with Crippen LogP contribution in [0, 0.1) is 11.8 Å². The van der Waals surface area contributed by atoms with Crippen LogP contribution in [-0.2, 0) is 9.59 Å². The standard InChI is InChI=1S/C27H27N3O8/c1-10-11-7-8-12(13-6-4-5-9-29-13)20(31)15(11)21(32)16-14(10)22(33)18-19(30(2)3)23(34)17(26(28)37)25(36)27(18,38)24(16)35/h4-10,14,18-19,22,31,33-35,38H,1-3H3,(H2,28,37)/t10-,14+,18+,19-,22-,27-/m0/s1. The van der Waals surface area contributed by atoms with E-state index >= 15 is 0 Å². The van der Waals surface area contributed by atoms with E-state index in [0.717, 1.165) is 0 Å². The Balaban J connectivity index is 1.78. The van der Waals surface area contributed by atoms with Crippen molar-refractivity contribution in [1.82, 2.24) is 9.88 Å². The molecule has 38 heavy (non-hydrogen) atoms. The number of amides is 1. The van der Waals surface area contributed by atoms with Gasteiger partial charge in [-0.1, -0.05) is 19.1 Å². The van der Waals surface area contributed by atoms with Crippen LogP contribution in [-0.4, -0.2) is 84.7 Å². The number of nitrogens with zero attached hydrogens (tertiary/aromatic N) is 2. The van der Waals surface area contributed by atoms with Gasteiger partial charge in [-0.15, -0.1) is 0 Å². The van der Waals surface area contributed by atoms with Crippen LogP contribution in [0.3, 0.4) is 0 Å². The highest BCUT2D eigenvalue weighted by atomic mass is 16.4. The number of hydrogen-bond donors (Lipinski definition) is 6. The second-order valence-electron chi connectivity index (χ2n) is 10.2. The van der Waals surface area contributed by atoms with Gasteiger partial charge in [0.05, 0.1) is 29.3 Å². The van der Waals surface area contributed by atoms with Gasteiger partial charge in [-0.2, -0.15) is 0 Å². The Morgan fingerprint density at radius 2 is 1.79 bits per heavy atom. The van der Waals surface area contributed by atoms with E-state index in [-0.39, 0.29) is 11.1 Å². The molecule has 0 spiro atoms. The Hall–Kier alpha value is -4.06. The molecule has 198 valence electrons. The minimum absolute atomic E-state index is 0.159. The number of nitrogens with two attached hydrogens (primary N) is 1. The van der Waals surface area contributed by atoms with Crippen molar-refractivity contribution < 1.29 is 39.9 Å². The number of phenols is 1. The molecule has 3 aliphatic rings. The lowest BCUT2D eigenvalue weighted by Gasteiger charge is -2.53. The number of Topliss-reactive ketones (excluding diaryl/α,β-unsaturated/α-hetero) is 2. The maximum Gasteiger partial charge on any atom is 0.255 e. The number of primary amides is 1. The molecule has 0 fully saturated rings. The molecule has 11 nitrogen and oxygen atoms in total. The SMILES string of the molecule is C[C@H]1c2ccc(-c3ccccn3)c(O)c2C(=O)C2=C(O)[C@]3(O)C(=O)C(C(N)=O)=C(O)[C@@H](N(C)C)[C@@H]3[C@@H](O)[C@@H]21. The minimum Gasteiger partial charge on any atom is -0.510 e. The van der Waals surface area contributed by atoms with Crippen LogP contribution in [0.1, 0.15) is 28.8 Å². The number of fused-ring (bicyclic) bond motifs is 3. The van der Waals surface area contributed by atoms with Gasteiger partial charge in [0, 0.05) is 23.3 Å². The number of phenolic OH excluding ortho intramolecular Hbond substituents is 1. The van der Waals surface area contributed by atoms with Gasteiger partial charge in [0.1, 0.15) is 22.8 Å². The van der Waals surface area contributed by atoms with Gasteiger partial charge in [0.25, 0.3) is 5.91 Å². The molecule has 0 saturated carbocycles. The fourth-order valence-corrected chi connectivity index (χ4v) is 6.35. The fraction of sp³-hybridized carbons (Fsp3) is 0.333. The van der Waals surface area contributed by atoms with Gasteiger partial charge in [0.2, 0.25) is 5.78 Å². The summed E-state index contributed by atoms with van der Waals surface area (Å²) < 4.78 is 0. The van der Waals surface area contributed by atoms with Gasteiger partial charge >= 0.3 is 0 Å². The van der Waals surface area contributed by atoms with Crippen LogP contribution in [0.25, 0.3) is 11.3 Å². The average Bonchev–Trinajstić information content (AvgIpc) is 2.86. The molecule has 3 aliphatic carbocycles. The van der Waals surface area contributed by atoms with Gasteiger partial charge in [-0.05, 0) is 43.8 Å². The third-order valence-electron chi connectivity index (χ3n) is 8.07. The first-order valence-electron chi connectivity index (χ1n) is 12.0. The summed E-state index contributed by atoms with van der Waals surface area (Å²) in [4.78, 5) is 45.0. The largest absolute Gasteiger partial charge is 0.510 e. The number of likely N-dealkylation sites (N-methyl/N-ethyl adjacent to an activating group) is 1. The molecule has 0 radical (unpaired) electrons. The lowest BCUT2D eigenvalue weighted by Crippen LogP contribution is -2.68. The van der Waals surface area contributed by atoms with Crippen LogP contribution in [0.4, 0.5) is 0 Å². The molecular formula is C27H27N3O8. The zero-order chi connectivity index (χ0) is 27.8. The molecule has 6 atom stereocenters. The third-order valence-corrected chi connectivity index (χ3v) is 8.07. The molecule has 1 aromatic carbocycles. The third kappa shape index (κ3) is 3.12. The second kappa shape index (κ2) is 8.48. The van der Waals surface area contributed by atoms with Gasteiger partial charge in [0.15, 0.2) is 11.4 Å². The smallest absolute Gasteiger partial charge is 0.255 e. The van der Waals surface area contributed by atoms with Crippen molar-refractivity contribution in [3.05, 3.63) is 70.3 Å². The van der Waals surface area contributed by atoms with Crippen molar-refractivity contribution in [2.45, 2.75) is 30.6 Å². The minimum atomic E-state index is -2.95. The Kier molecular flexibility index (Phi) is 5.71. The molecule has 2 aromatic rings. The highest BCUT2D eigenvalue weighted by Gasteiger charge is 2.67. The number of hydrogen-bond acceptors (Lipinski definition) is 10. The number of benzene rings is 1. The molecule has 0 saturated heterocycles. The van der Waals surface area contributed by atoms with Crippen LogP contribution >= 0.6 is 0 Å². The monoisotopic (exact) mass is 521 g/mol. The van der Waals surface area contributed by atoms with Gasteiger partial charge in [-0.3, -0.25) is 24.3 Å². The number of aliphatic hydroxyl groups excluding tert-OH is 3. The highest BCUT2D eigenvalue weighted by Crippen LogP contribution is 2.56. The predicted molar refractivity (Wildman–Crippen MR) is 133 cm³/mol. The van der Waals surface area contributed by atoms with Crippen molar-refractivity contribution in [2.24, 2.45) is 17.6 Å². The van der Waals surface area contributed by atoms with Crippen molar-refractivity contribution in [1.29, 1.82) is 0 Å². The van der Waals surface area contributed by atoms with E-state index in [4.69, 9.17) is 5.73 Å². The Bertz CT molecular complexity index is 1460. The summed E-state index contributed by atoms with van der Waals surface area (Å²) in [6.07, 6.45) is -0.116. The van der Waals surface area contributed by atoms with Crippen molar-refractivity contribution in [2.75, 3.05) is 14.1 Å². The van der Waals surface area contributed by atoms with Crippen LogP contribution in [0.5, 0.6) is 5.75 Å². The summed E-state index contributed by atoms with van der Waals surface area (Å²) in [5.74, 6) is -9.20. The van der Waals surface area contributed by atoms with Crippen LogP contribution in [0.2, 0.25) is 0 Å². The van der Waals surface area contributed by atoms with E-state index in [9.17, 15) is 39.9 Å². The van der Waals surface area contributed by atoms with Crippen molar-refractivity contribution in [3.8, 4) is 17.0 Å². The number of rotatable bonds is 3. The lowest BCUT2D eigenvalue weighted by atomic mass is 9.55. The molecule has 1 amide bonds. The summed E-state index contributed by atoms with van der Waals surface area (Å²) in [6, 6.07) is 6.96. The molecule has 11 heteroatoms. The Labute approximate surface area is 217 Å². The number of aromatic nitrogens is 1. The van der Waals surface area contributed by atoms with Gasteiger partial charge < -0.3 is 31.3 Å². The first kappa shape index (κ1) is 25.6. The first-order chi connectivity index (χ1) is 17.8. The zero-order valence-electron chi connectivity index (χ0n) is 20.8. The molecule has 0 aliphatic heterocycles. The first-order valence-corrected chi connectivity index (χ1v) is 12.0. The number of aliphatic hydroxyl groups is 4. The maximum atomic E-state index is 13.9. The number of pyridine rings is 1. The number of ketones is 2. The topological polar surface area (TPSA) is 195 Å². The van der Waals surface area contributed by atoms with Crippen LogP contribution < -0.4 is 5.73 Å². The van der Waals surface area contributed by atoms with E-state index in [1.165, 1.54) is 25.2 Å². The van der Waals surface area contributed by atoms with Crippen molar-refractivity contribution >= 4 is 17.5 Å². The Morgan fingerprint density at radius 1 is 1.11 bits per heavy atom. The van der Waals surface area contributed by atoms with Crippen LogP contribution in [0.15, 0.2) is 59.2 Å². The molecule has 1 heterocycles. The normalized spacial score (nSPS) is 30.7. The molecular weight excluding hydrogens is 494 g/mol. The summed E-state index contributed by atoms with van der Waals surface area (Å²) in [6.45, 7) is 1.68. The van der Waals surface area contributed by atoms with E-state index in [1.54, 1.807) is 37.3 Å². The molecule has 0 bridgehead atoms. The molecule has 0 unspecified atom stereocenters. The van der Waals surface area contributed by atoms with E-state index in [1.807, 2.05) is 0 Å². The quantitative estimate of drug-likeness (QED) is 0.313. The summed E-state index contributed by atoms with van der Waals surface area (Å²) in [5.41, 5.74) is 1.87. The fourth-order valence-electron chi connectivity index (χ4n) is 6.35. The van der Waals surface area contributed by atoms with Crippen molar-refractivity contribution in [3.63, 3.8) is 0 Å². The predicted octanol–water partition coefficient (Wildman–Crippen LogP) is 0.714. The summed E-state index contributed by atoms with van der Waals surface area (Å²) in [7, 11) is 2.97. The molecule has 5 rings (SSSR count). The highest BCUT2D eigenvalue weighted by molar-refractivity contribution is 6.25. The molecule has 7 N–H and O–H groups in total. The van der Waals surface area contributed by atoms with E-state index in [0.29, 0.717) is 11.3 Å². The Morgan fingerprint density at radius 3 is 2.37 bits per heavy atom. The average molecular weight is 522 g/mol. The second-order valence-corrected chi connectivity index (χ2v) is 10.2. The molecule has 1 aromatic heterocycles. The summed E-state index contributed by atoms with van der Waals surface area (Å²) in [5, 5.41) is 56.8. The van der Waals surface area contributed by atoms with E-state index < -0.39 is 81.4 Å². The summed E-state index contributed by atoms with van der Waals surface area (Å²) >= 11 is 0. The number of aromatic hydroxyl groups is 1. The maximum absolute atomic E-state index is 13.9. The van der Waals surface area contributed by atoms with E-state index in [2.05, 4.69) is 4.98 Å². The lowest BCUT2D eigenvalue weighted by molar-refractivity contribution is -0.162. The number of carbonyl (C=O) groups excluding carboxylic acids is 3. The number of carbonyl (C=O) groups is 3.